The van der Waals surface area contributed by atoms with Crippen molar-refractivity contribution in [1.29, 1.82) is 0 Å². The molecule has 0 aliphatic rings. The predicted molar refractivity (Wildman–Crippen MR) is 77.1 cm³/mol. The Bertz CT molecular complexity index is 637. The summed E-state index contributed by atoms with van der Waals surface area (Å²) in [6.07, 6.45) is 0.565. The molecule has 0 aliphatic carbocycles. The topological polar surface area (TPSA) is 38.0 Å². The van der Waals surface area contributed by atoms with Crippen molar-refractivity contribution < 1.29 is 13.9 Å². The first-order valence-corrected chi connectivity index (χ1v) is 6.99. The van der Waals surface area contributed by atoms with Crippen LogP contribution in [0.4, 0.5) is 8.78 Å². The van der Waals surface area contributed by atoms with Gasteiger partial charge >= 0.3 is 0 Å². The molecule has 0 aliphatic heterocycles. The number of hydrogen-bond donors (Lipinski definition) is 1. The smallest absolute Gasteiger partial charge is 0.126 e. The molecule has 1 atom stereocenters. The third-order valence-electron chi connectivity index (χ3n) is 3.85. The molecule has 1 aromatic carbocycles. The largest absolute Gasteiger partial charge is 0.393 e. The molecule has 1 unspecified atom stereocenters. The van der Waals surface area contributed by atoms with Gasteiger partial charge in [-0.3, -0.25) is 4.68 Å². The SMILES string of the molecule is Cc1nn(C)c(C)c1CCC(O)Cc1cc(F)ccc1F. The summed E-state index contributed by atoms with van der Waals surface area (Å²) >= 11 is 0. The molecular weight excluding hydrogens is 274 g/mol. The van der Waals surface area contributed by atoms with Crippen molar-refractivity contribution in [2.75, 3.05) is 0 Å². The molecule has 21 heavy (non-hydrogen) atoms. The number of halogens is 2. The lowest BCUT2D eigenvalue weighted by molar-refractivity contribution is 0.164. The minimum absolute atomic E-state index is 0.113. The second kappa shape index (κ2) is 6.35. The third-order valence-corrected chi connectivity index (χ3v) is 3.85. The van der Waals surface area contributed by atoms with Crippen LogP contribution in [0.2, 0.25) is 0 Å². The highest BCUT2D eigenvalue weighted by molar-refractivity contribution is 5.25. The predicted octanol–water partition coefficient (Wildman–Crippen LogP) is 2.85. The van der Waals surface area contributed by atoms with Gasteiger partial charge < -0.3 is 5.11 Å². The summed E-state index contributed by atoms with van der Waals surface area (Å²) in [5.41, 5.74) is 3.33. The van der Waals surface area contributed by atoms with E-state index in [1.54, 1.807) is 0 Å². The number of rotatable bonds is 5. The van der Waals surface area contributed by atoms with Crippen molar-refractivity contribution >= 4 is 0 Å². The molecule has 3 nitrogen and oxygen atoms in total. The Labute approximate surface area is 123 Å². The zero-order valence-electron chi connectivity index (χ0n) is 12.5. The summed E-state index contributed by atoms with van der Waals surface area (Å²) in [6.45, 7) is 3.91. The Hall–Kier alpha value is -1.75. The highest BCUT2D eigenvalue weighted by Crippen LogP contribution is 2.18. The van der Waals surface area contributed by atoms with Gasteiger partial charge in [0.05, 0.1) is 11.8 Å². The van der Waals surface area contributed by atoms with Crippen molar-refractivity contribution in [1.82, 2.24) is 9.78 Å². The van der Waals surface area contributed by atoms with E-state index < -0.39 is 17.7 Å². The molecule has 0 fully saturated rings. The Kier molecular flexibility index (Phi) is 4.73. The van der Waals surface area contributed by atoms with Crippen molar-refractivity contribution in [2.45, 2.75) is 39.2 Å². The summed E-state index contributed by atoms with van der Waals surface area (Å²) in [7, 11) is 1.88. The number of hydrogen-bond acceptors (Lipinski definition) is 2. The first kappa shape index (κ1) is 15.6. The lowest BCUT2D eigenvalue weighted by atomic mass is 10.00. The molecular formula is C16H20F2N2O. The van der Waals surface area contributed by atoms with Crippen LogP contribution in [-0.2, 0) is 19.9 Å². The zero-order valence-corrected chi connectivity index (χ0v) is 12.5. The Morgan fingerprint density at radius 2 is 2.00 bits per heavy atom. The monoisotopic (exact) mass is 294 g/mol. The van der Waals surface area contributed by atoms with Crippen LogP contribution in [-0.4, -0.2) is 21.0 Å². The van der Waals surface area contributed by atoms with Gasteiger partial charge in [-0.2, -0.15) is 5.10 Å². The second-order valence-electron chi connectivity index (χ2n) is 5.41. The van der Waals surface area contributed by atoms with Crippen molar-refractivity contribution in [3.05, 3.63) is 52.3 Å². The van der Waals surface area contributed by atoms with Crippen LogP contribution in [0, 0.1) is 25.5 Å². The highest BCUT2D eigenvalue weighted by atomic mass is 19.1. The minimum atomic E-state index is -0.708. The zero-order chi connectivity index (χ0) is 15.6. The number of nitrogens with zero attached hydrogens (tertiary/aromatic N) is 2. The number of aromatic nitrogens is 2. The molecule has 114 valence electrons. The molecule has 2 aromatic rings. The van der Waals surface area contributed by atoms with E-state index in [2.05, 4.69) is 5.10 Å². The third kappa shape index (κ3) is 3.67. The summed E-state index contributed by atoms with van der Waals surface area (Å²) in [4.78, 5) is 0. The van der Waals surface area contributed by atoms with Gasteiger partial charge in [0.1, 0.15) is 11.6 Å². The summed E-state index contributed by atoms with van der Waals surface area (Å²) in [6, 6.07) is 3.31. The number of aryl methyl sites for hydroxylation is 2. The summed E-state index contributed by atoms with van der Waals surface area (Å²) in [5.74, 6) is -0.971. The van der Waals surface area contributed by atoms with Gasteiger partial charge in [0, 0.05) is 19.2 Å². The van der Waals surface area contributed by atoms with E-state index in [0.717, 1.165) is 35.2 Å². The molecule has 0 bridgehead atoms. The average molecular weight is 294 g/mol. The van der Waals surface area contributed by atoms with E-state index >= 15 is 0 Å². The van der Waals surface area contributed by atoms with Crippen molar-refractivity contribution in [3.8, 4) is 0 Å². The Morgan fingerprint density at radius 3 is 2.62 bits per heavy atom. The standard InChI is InChI=1S/C16H20F2N2O/c1-10-15(11(2)20(3)19-10)6-5-14(21)9-12-8-13(17)4-7-16(12)18/h4,7-8,14,21H,5-6,9H2,1-3H3. The van der Waals surface area contributed by atoms with E-state index in [4.69, 9.17) is 0 Å². The van der Waals surface area contributed by atoms with Crippen molar-refractivity contribution in [2.24, 2.45) is 7.05 Å². The van der Waals surface area contributed by atoms with Crippen LogP contribution < -0.4 is 0 Å². The molecule has 0 radical (unpaired) electrons. The first-order valence-electron chi connectivity index (χ1n) is 6.99. The highest BCUT2D eigenvalue weighted by Gasteiger charge is 2.14. The minimum Gasteiger partial charge on any atom is -0.393 e. The van der Waals surface area contributed by atoms with Crippen LogP contribution in [0.5, 0.6) is 0 Å². The fourth-order valence-corrected chi connectivity index (χ4v) is 2.55. The van der Waals surface area contributed by atoms with Gasteiger partial charge in [-0.1, -0.05) is 0 Å². The van der Waals surface area contributed by atoms with E-state index in [1.165, 1.54) is 0 Å². The van der Waals surface area contributed by atoms with E-state index in [1.807, 2.05) is 25.6 Å². The number of aliphatic hydroxyl groups is 1. The summed E-state index contributed by atoms with van der Waals surface area (Å²) < 4.78 is 28.4. The summed E-state index contributed by atoms with van der Waals surface area (Å²) in [5, 5.41) is 14.4. The Morgan fingerprint density at radius 1 is 1.29 bits per heavy atom. The molecule has 0 amide bonds. The maximum Gasteiger partial charge on any atom is 0.126 e. The first-order chi connectivity index (χ1) is 9.88. The van der Waals surface area contributed by atoms with Crippen LogP contribution >= 0.6 is 0 Å². The fraction of sp³-hybridized carbons (Fsp3) is 0.438. The maximum atomic E-state index is 13.5. The van der Waals surface area contributed by atoms with Gasteiger partial charge in [-0.05, 0) is 56.0 Å². The van der Waals surface area contributed by atoms with Gasteiger partial charge in [0.25, 0.3) is 0 Å². The number of aliphatic hydroxyl groups excluding tert-OH is 1. The molecule has 1 heterocycles. The molecule has 1 aromatic heterocycles. The maximum absolute atomic E-state index is 13.5. The van der Waals surface area contributed by atoms with Gasteiger partial charge in [0.15, 0.2) is 0 Å². The lowest BCUT2D eigenvalue weighted by Crippen LogP contribution is -2.13. The van der Waals surface area contributed by atoms with Crippen LogP contribution in [0.25, 0.3) is 0 Å². The van der Waals surface area contributed by atoms with Gasteiger partial charge in [-0.25, -0.2) is 8.78 Å². The van der Waals surface area contributed by atoms with Crippen LogP contribution in [0.15, 0.2) is 18.2 Å². The number of benzene rings is 1. The van der Waals surface area contributed by atoms with E-state index in [9.17, 15) is 13.9 Å². The molecule has 2 rings (SSSR count). The molecule has 5 heteroatoms. The van der Waals surface area contributed by atoms with Crippen molar-refractivity contribution in [3.63, 3.8) is 0 Å². The molecule has 0 spiro atoms. The van der Waals surface area contributed by atoms with Gasteiger partial charge in [-0.15, -0.1) is 0 Å². The van der Waals surface area contributed by atoms with Crippen LogP contribution in [0.3, 0.4) is 0 Å². The normalized spacial score (nSPS) is 12.7. The van der Waals surface area contributed by atoms with Crippen LogP contribution in [0.1, 0.15) is 28.9 Å². The molecule has 0 saturated carbocycles. The molecule has 0 saturated heterocycles. The second-order valence-corrected chi connectivity index (χ2v) is 5.41. The Balaban J connectivity index is 1.99. The fourth-order valence-electron chi connectivity index (χ4n) is 2.55. The van der Waals surface area contributed by atoms with E-state index in [-0.39, 0.29) is 12.0 Å². The average Bonchev–Trinajstić information content (AvgIpc) is 2.66. The van der Waals surface area contributed by atoms with Gasteiger partial charge in [0.2, 0.25) is 0 Å². The van der Waals surface area contributed by atoms with E-state index in [0.29, 0.717) is 12.8 Å². The lowest BCUT2D eigenvalue weighted by Gasteiger charge is -2.11. The molecule has 1 N–H and O–H groups in total. The quantitative estimate of drug-likeness (QED) is 0.921.